The topological polar surface area (TPSA) is 29.9 Å². The van der Waals surface area contributed by atoms with Crippen LogP contribution in [0.1, 0.15) is 37.4 Å². The summed E-state index contributed by atoms with van der Waals surface area (Å²) < 4.78 is 2.86. The molecule has 1 unspecified atom stereocenters. The molecule has 1 aromatic heterocycles. The van der Waals surface area contributed by atoms with Crippen molar-refractivity contribution in [2.24, 2.45) is 0 Å². The van der Waals surface area contributed by atoms with Gasteiger partial charge in [0, 0.05) is 22.8 Å². The van der Waals surface area contributed by atoms with Crippen LogP contribution >= 0.6 is 27.5 Å². The number of hydrogen-bond donors (Lipinski definition) is 1. The second-order valence-electron chi connectivity index (χ2n) is 4.69. The van der Waals surface area contributed by atoms with Crippen molar-refractivity contribution >= 4 is 27.5 Å². The third-order valence-electron chi connectivity index (χ3n) is 3.19. The van der Waals surface area contributed by atoms with Crippen LogP contribution in [0.15, 0.2) is 35.1 Å². The standard InChI is InChI=1S/C15H19BrClN3/c1-3-7-18-15(12-9-19-20(4-2)10-12)11-5-6-13(16)14(17)8-11/h5-6,8-10,15,18H,3-4,7H2,1-2H3. The number of rotatable bonds is 6. The van der Waals surface area contributed by atoms with Crippen LogP contribution in [0, 0.1) is 0 Å². The van der Waals surface area contributed by atoms with Crippen molar-refractivity contribution in [3.63, 3.8) is 0 Å². The van der Waals surface area contributed by atoms with E-state index in [0.717, 1.165) is 34.6 Å². The Morgan fingerprint density at radius 3 is 2.75 bits per heavy atom. The molecule has 108 valence electrons. The van der Waals surface area contributed by atoms with E-state index >= 15 is 0 Å². The number of aromatic nitrogens is 2. The summed E-state index contributed by atoms with van der Waals surface area (Å²) in [5.74, 6) is 0. The van der Waals surface area contributed by atoms with Crippen LogP contribution in [0.4, 0.5) is 0 Å². The molecule has 0 saturated carbocycles. The van der Waals surface area contributed by atoms with Gasteiger partial charge in [-0.15, -0.1) is 0 Å². The monoisotopic (exact) mass is 355 g/mol. The highest BCUT2D eigenvalue weighted by Gasteiger charge is 2.16. The van der Waals surface area contributed by atoms with Crippen molar-refractivity contribution in [1.29, 1.82) is 0 Å². The highest BCUT2D eigenvalue weighted by Crippen LogP contribution is 2.29. The fourth-order valence-corrected chi connectivity index (χ4v) is 2.55. The molecule has 5 heteroatoms. The molecule has 0 spiro atoms. The maximum absolute atomic E-state index is 6.22. The second-order valence-corrected chi connectivity index (χ2v) is 5.95. The molecule has 0 aliphatic carbocycles. The van der Waals surface area contributed by atoms with E-state index in [9.17, 15) is 0 Å². The number of hydrogen-bond acceptors (Lipinski definition) is 2. The maximum atomic E-state index is 6.22. The van der Waals surface area contributed by atoms with Crippen LogP contribution in [-0.4, -0.2) is 16.3 Å². The molecular weight excluding hydrogens is 338 g/mol. The lowest BCUT2D eigenvalue weighted by Gasteiger charge is -2.18. The van der Waals surface area contributed by atoms with Crippen molar-refractivity contribution < 1.29 is 0 Å². The first kappa shape index (κ1) is 15.5. The summed E-state index contributed by atoms with van der Waals surface area (Å²) >= 11 is 9.65. The van der Waals surface area contributed by atoms with E-state index in [-0.39, 0.29) is 6.04 Å². The van der Waals surface area contributed by atoms with Gasteiger partial charge in [-0.05, 0) is 53.5 Å². The first-order valence-electron chi connectivity index (χ1n) is 6.86. The highest BCUT2D eigenvalue weighted by atomic mass is 79.9. The first-order chi connectivity index (χ1) is 9.65. The first-order valence-corrected chi connectivity index (χ1v) is 8.03. The lowest BCUT2D eigenvalue weighted by atomic mass is 10.0. The SMILES string of the molecule is CCCNC(c1ccc(Br)c(Cl)c1)c1cnn(CC)c1. The van der Waals surface area contributed by atoms with Gasteiger partial charge in [0.05, 0.1) is 17.3 Å². The Balaban J connectivity index is 2.32. The van der Waals surface area contributed by atoms with Crippen molar-refractivity contribution in [2.75, 3.05) is 6.54 Å². The maximum Gasteiger partial charge on any atom is 0.0608 e. The average Bonchev–Trinajstić information content (AvgIpc) is 2.92. The minimum atomic E-state index is 0.126. The number of aryl methyl sites for hydroxylation is 1. The predicted octanol–water partition coefficient (Wildman–Crippen LogP) is 4.41. The van der Waals surface area contributed by atoms with Crippen LogP contribution in [-0.2, 0) is 6.54 Å². The van der Waals surface area contributed by atoms with E-state index in [1.165, 1.54) is 5.56 Å². The summed E-state index contributed by atoms with van der Waals surface area (Å²) in [5, 5.41) is 8.65. The molecule has 1 atom stereocenters. The van der Waals surface area contributed by atoms with Crippen molar-refractivity contribution in [1.82, 2.24) is 15.1 Å². The van der Waals surface area contributed by atoms with Gasteiger partial charge in [-0.1, -0.05) is 24.6 Å². The van der Waals surface area contributed by atoms with Gasteiger partial charge in [0.15, 0.2) is 0 Å². The molecule has 2 rings (SSSR count). The van der Waals surface area contributed by atoms with Gasteiger partial charge < -0.3 is 5.32 Å². The molecule has 0 aliphatic rings. The van der Waals surface area contributed by atoms with Crippen molar-refractivity contribution in [2.45, 2.75) is 32.9 Å². The van der Waals surface area contributed by atoms with Gasteiger partial charge in [0.2, 0.25) is 0 Å². The molecule has 2 aromatic rings. The smallest absolute Gasteiger partial charge is 0.0608 e. The molecule has 3 nitrogen and oxygen atoms in total. The summed E-state index contributed by atoms with van der Waals surface area (Å²) in [6.45, 7) is 6.08. The largest absolute Gasteiger partial charge is 0.306 e. The molecule has 0 amide bonds. The molecular formula is C15H19BrClN3. The summed E-state index contributed by atoms with van der Waals surface area (Å²) in [7, 11) is 0. The molecule has 0 radical (unpaired) electrons. The van der Waals surface area contributed by atoms with Gasteiger partial charge in [0.1, 0.15) is 0 Å². The number of nitrogens with one attached hydrogen (secondary N) is 1. The Hall–Kier alpha value is -0.840. The molecule has 1 aromatic carbocycles. The van der Waals surface area contributed by atoms with E-state index in [2.05, 4.69) is 52.5 Å². The lowest BCUT2D eigenvalue weighted by Crippen LogP contribution is -2.22. The fraction of sp³-hybridized carbons (Fsp3) is 0.400. The fourth-order valence-electron chi connectivity index (χ4n) is 2.11. The van der Waals surface area contributed by atoms with Crippen LogP contribution in [0.3, 0.4) is 0 Å². The summed E-state index contributed by atoms with van der Waals surface area (Å²) in [6, 6.07) is 6.21. The third-order valence-corrected chi connectivity index (χ3v) is 4.42. The lowest BCUT2D eigenvalue weighted by molar-refractivity contribution is 0.596. The Bertz CT molecular complexity index is 568. The zero-order valence-corrected chi connectivity index (χ0v) is 14.1. The van der Waals surface area contributed by atoms with E-state index in [1.807, 2.05) is 23.0 Å². The van der Waals surface area contributed by atoms with Crippen molar-refractivity contribution in [3.05, 3.63) is 51.2 Å². The molecule has 0 saturated heterocycles. The van der Waals surface area contributed by atoms with Gasteiger partial charge in [-0.2, -0.15) is 5.10 Å². The normalized spacial score (nSPS) is 12.6. The molecule has 1 N–H and O–H groups in total. The highest BCUT2D eigenvalue weighted by molar-refractivity contribution is 9.10. The number of nitrogens with zero attached hydrogens (tertiary/aromatic N) is 2. The molecule has 0 bridgehead atoms. The van der Waals surface area contributed by atoms with Crippen LogP contribution in [0.2, 0.25) is 5.02 Å². The minimum absolute atomic E-state index is 0.126. The van der Waals surface area contributed by atoms with Crippen LogP contribution in [0.5, 0.6) is 0 Å². The Morgan fingerprint density at radius 1 is 1.35 bits per heavy atom. The Labute approximate surface area is 133 Å². The Kier molecular flexibility index (Phi) is 5.64. The van der Waals surface area contributed by atoms with Crippen LogP contribution in [0.25, 0.3) is 0 Å². The number of halogens is 2. The summed E-state index contributed by atoms with van der Waals surface area (Å²) in [4.78, 5) is 0. The summed E-state index contributed by atoms with van der Waals surface area (Å²) in [6.07, 6.45) is 5.10. The van der Waals surface area contributed by atoms with E-state index in [4.69, 9.17) is 11.6 Å². The van der Waals surface area contributed by atoms with E-state index in [1.54, 1.807) is 0 Å². The minimum Gasteiger partial charge on any atom is -0.306 e. The molecule has 1 heterocycles. The van der Waals surface area contributed by atoms with Crippen LogP contribution < -0.4 is 5.32 Å². The molecule has 20 heavy (non-hydrogen) atoms. The summed E-state index contributed by atoms with van der Waals surface area (Å²) in [5.41, 5.74) is 2.32. The average molecular weight is 357 g/mol. The van der Waals surface area contributed by atoms with E-state index in [0.29, 0.717) is 0 Å². The van der Waals surface area contributed by atoms with Gasteiger partial charge in [-0.3, -0.25) is 4.68 Å². The number of benzene rings is 1. The van der Waals surface area contributed by atoms with Crippen molar-refractivity contribution in [3.8, 4) is 0 Å². The molecule has 0 aliphatic heterocycles. The zero-order chi connectivity index (χ0) is 14.5. The van der Waals surface area contributed by atoms with E-state index < -0.39 is 0 Å². The van der Waals surface area contributed by atoms with Gasteiger partial charge >= 0.3 is 0 Å². The second kappa shape index (κ2) is 7.25. The quantitative estimate of drug-likeness (QED) is 0.831. The zero-order valence-electron chi connectivity index (χ0n) is 11.7. The molecule has 0 fully saturated rings. The third kappa shape index (κ3) is 3.62. The van der Waals surface area contributed by atoms with Gasteiger partial charge in [0.25, 0.3) is 0 Å². The predicted molar refractivity (Wildman–Crippen MR) is 87.2 cm³/mol. The van der Waals surface area contributed by atoms with Gasteiger partial charge in [-0.25, -0.2) is 0 Å². The Morgan fingerprint density at radius 2 is 2.15 bits per heavy atom.